The Hall–Kier alpha value is -1.84. The highest BCUT2D eigenvalue weighted by Crippen LogP contribution is 2.07. The van der Waals surface area contributed by atoms with Crippen molar-refractivity contribution in [1.29, 1.82) is 0 Å². The third-order valence-corrected chi connectivity index (χ3v) is 2.71. The van der Waals surface area contributed by atoms with E-state index in [1.807, 2.05) is 38.1 Å². The summed E-state index contributed by atoms with van der Waals surface area (Å²) < 4.78 is 10.1. The van der Waals surface area contributed by atoms with E-state index >= 15 is 0 Å². The monoisotopic (exact) mass is 278 g/mol. The van der Waals surface area contributed by atoms with Gasteiger partial charge in [0.15, 0.2) is 0 Å². The van der Waals surface area contributed by atoms with Crippen LogP contribution in [0.4, 0.5) is 0 Å². The van der Waals surface area contributed by atoms with Crippen molar-refractivity contribution in [3.63, 3.8) is 0 Å². The fourth-order valence-corrected chi connectivity index (χ4v) is 1.70. The lowest BCUT2D eigenvalue weighted by Crippen LogP contribution is -2.08. The second-order valence-electron chi connectivity index (χ2n) is 4.72. The summed E-state index contributed by atoms with van der Waals surface area (Å²) in [4.78, 5) is 22.7. The summed E-state index contributed by atoms with van der Waals surface area (Å²) in [5.74, 6) is -0.534. The molecule has 4 heteroatoms. The summed E-state index contributed by atoms with van der Waals surface area (Å²) in [6.07, 6.45) is 1.78. The molecule has 0 bridgehead atoms. The van der Waals surface area contributed by atoms with Gasteiger partial charge in [0, 0.05) is 12.8 Å². The maximum Gasteiger partial charge on any atom is 0.306 e. The van der Waals surface area contributed by atoms with Gasteiger partial charge in [-0.05, 0) is 25.3 Å². The lowest BCUT2D eigenvalue weighted by atomic mass is 10.1. The van der Waals surface area contributed by atoms with E-state index in [1.165, 1.54) is 0 Å². The zero-order chi connectivity index (χ0) is 14.8. The third kappa shape index (κ3) is 6.92. The lowest BCUT2D eigenvalue weighted by Gasteiger charge is -2.06. The van der Waals surface area contributed by atoms with Crippen LogP contribution in [0, 0.1) is 6.92 Å². The molecule has 0 aliphatic rings. The van der Waals surface area contributed by atoms with Crippen LogP contribution in [0.5, 0.6) is 0 Å². The Labute approximate surface area is 120 Å². The van der Waals surface area contributed by atoms with Crippen LogP contribution in [-0.4, -0.2) is 18.5 Å². The van der Waals surface area contributed by atoms with Crippen LogP contribution in [0.25, 0.3) is 0 Å². The molecule has 0 saturated heterocycles. The van der Waals surface area contributed by atoms with Crippen molar-refractivity contribution in [2.45, 2.75) is 46.1 Å². The average molecular weight is 278 g/mol. The Balaban J connectivity index is 2.16. The van der Waals surface area contributed by atoms with Gasteiger partial charge in [0.1, 0.15) is 6.61 Å². The van der Waals surface area contributed by atoms with Gasteiger partial charge in [-0.25, -0.2) is 0 Å². The van der Waals surface area contributed by atoms with Crippen LogP contribution in [0.2, 0.25) is 0 Å². The van der Waals surface area contributed by atoms with Crippen LogP contribution < -0.4 is 0 Å². The maximum absolute atomic E-state index is 11.5. The predicted octanol–water partition coefficient (Wildman–Crippen LogP) is 3.16. The zero-order valence-electron chi connectivity index (χ0n) is 12.2. The molecule has 0 fully saturated rings. The first-order chi connectivity index (χ1) is 9.61. The number of aryl methyl sites for hydroxylation is 1. The highest BCUT2D eigenvalue weighted by atomic mass is 16.5. The summed E-state index contributed by atoms with van der Waals surface area (Å²) in [5.41, 5.74) is 2.11. The van der Waals surface area contributed by atoms with E-state index in [0.29, 0.717) is 13.0 Å². The van der Waals surface area contributed by atoms with Gasteiger partial charge >= 0.3 is 11.9 Å². The largest absolute Gasteiger partial charge is 0.466 e. The molecule has 0 spiro atoms. The van der Waals surface area contributed by atoms with Crippen molar-refractivity contribution < 1.29 is 19.1 Å². The molecule has 4 nitrogen and oxygen atoms in total. The smallest absolute Gasteiger partial charge is 0.306 e. The van der Waals surface area contributed by atoms with Crippen LogP contribution in [0.1, 0.15) is 43.7 Å². The number of esters is 2. The average Bonchev–Trinajstić information content (AvgIpc) is 2.43. The molecule has 0 aliphatic carbocycles. The second-order valence-corrected chi connectivity index (χ2v) is 4.72. The van der Waals surface area contributed by atoms with Crippen molar-refractivity contribution >= 4 is 11.9 Å². The van der Waals surface area contributed by atoms with Crippen molar-refractivity contribution in [2.75, 3.05) is 6.61 Å². The molecule has 0 saturated carbocycles. The van der Waals surface area contributed by atoms with E-state index in [0.717, 1.165) is 17.5 Å². The number of hydrogen-bond acceptors (Lipinski definition) is 4. The molecule has 0 aliphatic heterocycles. The maximum atomic E-state index is 11.5. The van der Waals surface area contributed by atoms with Crippen LogP contribution in [-0.2, 0) is 25.7 Å². The predicted molar refractivity (Wildman–Crippen MR) is 76.1 cm³/mol. The molecular formula is C16H22O4. The minimum absolute atomic E-state index is 0.243. The molecule has 0 N–H and O–H groups in total. The molecule has 1 rings (SSSR count). The number of carbonyl (C=O) groups excluding carboxylic acids is 2. The first-order valence-corrected chi connectivity index (χ1v) is 6.98. The van der Waals surface area contributed by atoms with Gasteiger partial charge < -0.3 is 9.47 Å². The zero-order valence-corrected chi connectivity index (χ0v) is 12.2. The van der Waals surface area contributed by atoms with Crippen molar-refractivity contribution in [3.05, 3.63) is 35.4 Å². The Morgan fingerprint density at radius 3 is 2.45 bits per heavy atom. The summed E-state index contributed by atoms with van der Waals surface area (Å²) >= 11 is 0. The van der Waals surface area contributed by atoms with Gasteiger partial charge in [-0.15, -0.1) is 0 Å². The van der Waals surface area contributed by atoms with Gasteiger partial charge in [0.2, 0.25) is 0 Å². The summed E-state index contributed by atoms with van der Waals surface area (Å²) in [5, 5.41) is 0. The van der Waals surface area contributed by atoms with Gasteiger partial charge in [-0.3, -0.25) is 9.59 Å². The molecule has 20 heavy (non-hydrogen) atoms. The first-order valence-electron chi connectivity index (χ1n) is 6.98. The number of carbonyl (C=O) groups is 2. The molecular weight excluding hydrogens is 256 g/mol. The fraction of sp³-hybridized carbons (Fsp3) is 0.500. The summed E-state index contributed by atoms with van der Waals surface area (Å²) in [6, 6.07) is 7.83. The Kier molecular flexibility index (Phi) is 7.40. The van der Waals surface area contributed by atoms with Crippen LogP contribution in [0.15, 0.2) is 24.3 Å². The van der Waals surface area contributed by atoms with Crippen molar-refractivity contribution in [1.82, 2.24) is 0 Å². The molecule has 110 valence electrons. The number of rotatable bonds is 8. The van der Waals surface area contributed by atoms with Gasteiger partial charge in [0.25, 0.3) is 0 Å². The Morgan fingerprint density at radius 2 is 1.80 bits per heavy atom. The van der Waals surface area contributed by atoms with Crippen molar-refractivity contribution in [2.24, 2.45) is 0 Å². The minimum atomic E-state index is -0.283. The summed E-state index contributed by atoms with van der Waals surface area (Å²) in [6.45, 7) is 4.65. The first kappa shape index (κ1) is 16.2. The standard InChI is InChI=1S/C16H22O4/c1-3-10-19-15(17)8-5-9-16(18)20-12-14-7-4-6-13(2)11-14/h4,6-7,11H,3,5,8-10,12H2,1-2H3. The van der Waals surface area contributed by atoms with E-state index in [1.54, 1.807) is 0 Å². The van der Waals surface area contributed by atoms with Gasteiger partial charge in [-0.1, -0.05) is 36.8 Å². The molecule has 0 heterocycles. The Bertz CT molecular complexity index is 440. The van der Waals surface area contributed by atoms with Crippen molar-refractivity contribution in [3.8, 4) is 0 Å². The SMILES string of the molecule is CCCOC(=O)CCCC(=O)OCc1cccc(C)c1. The number of ether oxygens (including phenoxy) is 2. The van der Waals surface area contributed by atoms with Crippen LogP contribution in [0.3, 0.4) is 0 Å². The highest BCUT2D eigenvalue weighted by Gasteiger charge is 2.07. The van der Waals surface area contributed by atoms with Gasteiger partial charge in [0.05, 0.1) is 6.61 Å². The molecule has 0 unspecified atom stereocenters. The summed E-state index contributed by atoms with van der Waals surface area (Å²) in [7, 11) is 0. The highest BCUT2D eigenvalue weighted by molar-refractivity contribution is 5.72. The number of hydrogen-bond donors (Lipinski definition) is 0. The Morgan fingerprint density at radius 1 is 1.10 bits per heavy atom. The third-order valence-electron chi connectivity index (χ3n) is 2.71. The van der Waals surface area contributed by atoms with E-state index < -0.39 is 0 Å². The molecule has 0 radical (unpaired) electrons. The topological polar surface area (TPSA) is 52.6 Å². The van der Waals surface area contributed by atoms with E-state index in [2.05, 4.69) is 0 Å². The quantitative estimate of drug-likeness (QED) is 0.685. The normalized spacial score (nSPS) is 10.1. The molecule has 0 amide bonds. The number of benzene rings is 1. The molecule has 1 aromatic carbocycles. The van der Waals surface area contributed by atoms with E-state index in [4.69, 9.17) is 9.47 Å². The second kappa shape index (κ2) is 9.13. The van der Waals surface area contributed by atoms with Gasteiger partial charge in [-0.2, -0.15) is 0 Å². The molecule has 0 aromatic heterocycles. The van der Waals surface area contributed by atoms with E-state index in [9.17, 15) is 9.59 Å². The van der Waals surface area contributed by atoms with Crippen LogP contribution >= 0.6 is 0 Å². The lowest BCUT2D eigenvalue weighted by molar-refractivity contribution is -0.146. The molecule has 1 aromatic rings. The van der Waals surface area contributed by atoms with E-state index in [-0.39, 0.29) is 31.4 Å². The molecule has 0 atom stereocenters. The minimum Gasteiger partial charge on any atom is -0.466 e. The fourth-order valence-electron chi connectivity index (χ4n) is 1.70.